The van der Waals surface area contributed by atoms with E-state index >= 15 is 0 Å². The first kappa shape index (κ1) is 16.9. The number of nitro benzene ring substituents is 1. The molecule has 0 heterocycles. The van der Waals surface area contributed by atoms with Crippen LogP contribution in [0, 0.1) is 17.0 Å². The quantitative estimate of drug-likeness (QED) is 0.490. The highest BCUT2D eigenvalue weighted by Gasteiger charge is 2.07. The molecule has 0 spiro atoms. The molecule has 24 heavy (non-hydrogen) atoms. The van der Waals surface area contributed by atoms with E-state index in [-0.39, 0.29) is 6.61 Å². The molecule has 0 saturated heterocycles. The predicted octanol–water partition coefficient (Wildman–Crippen LogP) is 1.51. The number of nitrogens with zero attached hydrogens (tertiary/aromatic N) is 2. The van der Waals surface area contributed by atoms with Crippen LogP contribution in [0.3, 0.4) is 0 Å². The number of nitrogens with one attached hydrogen (secondary N) is 1. The van der Waals surface area contributed by atoms with Crippen LogP contribution in [-0.2, 0) is 4.79 Å². The summed E-state index contributed by atoms with van der Waals surface area (Å²) in [4.78, 5) is 21.5. The van der Waals surface area contributed by atoms with Crippen molar-refractivity contribution in [3.8, 4) is 11.5 Å². The largest absolute Gasteiger partial charge is 0.868 e. The van der Waals surface area contributed by atoms with E-state index in [1.807, 2.05) is 19.1 Å². The molecule has 2 aromatic carbocycles. The van der Waals surface area contributed by atoms with Gasteiger partial charge in [-0.05, 0) is 30.4 Å². The summed E-state index contributed by atoms with van der Waals surface area (Å²) < 4.78 is 5.30. The molecule has 1 N–H and O–H groups in total. The standard InChI is InChI=1S/C16H15N3O5/c1-11-3-2-4-13(7-11)24-10-16(21)18-17-9-12-5-6-15(20)14(8-12)19(22)23/h2-9,20H,10H2,1H3,(H,18,21)/p-1/b17-9-. The van der Waals surface area contributed by atoms with E-state index in [4.69, 9.17) is 4.74 Å². The number of benzene rings is 2. The molecule has 0 radical (unpaired) electrons. The Morgan fingerprint density at radius 1 is 1.33 bits per heavy atom. The zero-order chi connectivity index (χ0) is 17.5. The molecule has 0 saturated carbocycles. The molecule has 0 aliphatic carbocycles. The third-order valence-corrected chi connectivity index (χ3v) is 2.94. The van der Waals surface area contributed by atoms with Crippen molar-refractivity contribution in [2.24, 2.45) is 5.10 Å². The van der Waals surface area contributed by atoms with Crippen LogP contribution in [0.2, 0.25) is 0 Å². The number of hydrazone groups is 1. The normalized spacial score (nSPS) is 10.5. The number of ether oxygens (including phenoxy) is 1. The Balaban J connectivity index is 1.88. The Hall–Kier alpha value is -3.42. The molecule has 0 atom stereocenters. The van der Waals surface area contributed by atoms with Crippen molar-refractivity contribution in [1.82, 2.24) is 5.43 Å². The molecule has 1 amide bonds. The second-order valence-electron chi connectivity index (χ2n) is 4.88. The van der Waals surface area contributed by atoms with E-state index in [2.05, 4.69) is 10.5 Å². The zero-order valence-electron chi connectivity index (χ0n) is 12.8. The molecule has 8 heteroatoms. The topological polar surface area (TPSA) is 117 Å². The minimum atomic E-state index is -0.770. The highest BCUT2D eigenvalue weighted by atomic mass is 16.6. The maximum Gasteiger partial charge on any atom is 0.277 e. The smallest absolute Gasteiger partial charge is 0.277 e. The summed E-state index contributed by atoms with van der Waals surface area (Å²) in [5, 5.41) is 25.6. The lowest BCUT2D eigenvalue weighted by atomic mass is 10.2. The second-order valence-corrected chi connectivity index (χ2v) is 4.88. The maximum absolute atomic E-state index is 11.6. The number of nitro groups is 1. The van der Waals surface area contributed by atoms with Crippen molar-refractivity contribution in [2.75, 3.05) is 6.61 Å². The summed E-state index contributed by atoms with van der Waals surface area (Å²) in [6, 6.07) is 10.8. The Bertz CT molecular complexity index is 789. The molecule has 0 aliphatic heterocycles. The highest BCUT2D eigenvalue weighted by Crippen LogP contribution is 2.22. The molecular weight excluding hydrogens is 314 g/mol. The van der Waals surface area contributed by atoms with Crippen LogP contribution >= 0.6 is 0 Å². The molecule has 124 valence electrons. The molecule has 2 aromatic rings. The van der Waals surface area contributed by atoms with E-state index in [0.29, 0.717) is 11.3 Å². The van der Waals surface area contributed by atoms with Crippen molar-refractivity contribution < 1.29 is 19.6 Å². The molecule has 0 aliphatic rings. The lowest BCUT2D eigenvalue weighted by Gasteiger charge is -2.06. The summed E-state index contributed by atoms with van der Waals surface area (Å²) in [6.07, 6.45) is 1.21. The number of amides is 1. The van der Waals surface area contributed by atoms with Gasteiger partial charge in [0.2, 0.25) is 0 Å². The van der Waals surface area contributed by atoms with Crippen LogP contribution in [0.25, 0.3) is 0 Å². The summed E-state index contributed by atoms with van der Waals surface area (Å²) in [5.41, 5.74) is 3.02. The molecule has 0 aromatic heterocycles. The Kier molecular flexibility index (Phi) is 5.45. The van der Waals surface area contributed by atoms with Crippen molar-refractivity contribution >= 4 is 17.8 Å². The second kappa shape index (κ2) is 7.73. The lowest BCUT2D eigenvalue weighted by molar-refractivity contribution is -0.398. The van der Waals surface area contributed by atoms with Crippen molar-refractivity contribution in [1.29, 1.82) is 0 Å². The van der Waals surface area contributed by atoms with Gasteiger partial charge < -0.3 is 9.84 Å². The van der Waals surface area contributed by atoms with E-state index < -0.39 is 22.3 Å². The molecular formula is C16H14N3O5-. The van der Waals surface area contributed by atoms with Gasteiger partial charge in [-0.15, -0.1) is 0 Å². The van der Waals surface area contributed by atoms with Gasteiger partial charge in [-0.1, -0.05) is 24.3 Å². The maximum atomic E-state index is 11.6. The first-order chi connectivity index (χ1) is 11.5. The molecule has 0 unspecified atom stereocenters. The molecule has 0 fully saturated rings. The first-order valence-corrected chi connectivity index (χ1v) is 6.92. The van der Waals surface area contributed by atoms with Crippen molar-refractivity contribution in [3.05, 3.63) is 63.7 Å². The number of hydrogen-bond donors (Lipinski definition) is 1. The van der Waals surface area contributed by atoms with Crippen LogP contribution < -0.4 is 15.3 Å². The van der Waals surface area contributed by atoms with Crippen LogP contribution in [0.1, 0.15) is 11.1 Å². The van der Waals surface area contributed by atoms with Crippen LogP contribution in [0.5, 0.6) is 11.5 Å². The minimum absolute atomic E-state index is 0.222. The van der Waals surface area contributed by atoms with Gasteiger partial charge in [0.05, 0.1) is 11.1 Å². The van der Waals surface area contributed by atoms with Crippen LogP contribution in [-0.4, -0.2) is 23.7 Å². The Morgan fingerprint density at radius 3 is 2.83 bits per heavy atom. The number of hydrogen-bond acceptors (Lipinski definition) is 6. The third-order valence-electron chi connectivity index (χ3n) is 2.94. The fourth-order valence-corrected chi connectivity index (χ4v) is 1.82. The number of carbonyl (C=O) groups is 1. The minimum Gasteiger partial charge on any atom is -0.868 e. The number of carbonyl (C=O) groups excluding carboxylic acids is 1. The van der Waals surface area contributed by atoms with Gasteiger partial charge in [0, 0.05) is 11.6 Å². The van der Waals surface area contributed by atoms with E-state index in [1.165, 1.54) is 12.3 Å². The predicted molar refractivity (Wildman–Crippen MR) is 85.0 cm³/mol. The summed E-state index contributed by atoms with van der Waals surface area (Å²) >= 11 is 0. The fraction of sp³-hybridized carbons (Fsp3) is 0.125. The monoisotopic (exact) mass is 328 g/mol. The summed E-state index contributed by atoms with van der Waals surface area (Å²) in [7, 11) is 0. The molecule has 8 nitrogen and oxygen atoms in total. The number of aryl methyl sites for hydroxylation is 1. The Labute approximate surface area is 137 Å². The van der Waals surface area contributed by atoms with Gasteiger partial charge in [-0.2, -0.15) is 5.10 Å². The van der Waals surface area contributed by atoms with Gasteiger partial charge in [0.15, 0.2) is 6.61 Å². The van der Waals surface area contributed by atoms with E-state index in [0.717, 1.165) is 17.7 Å². The molecule has 0 bridgehead atoms. The van der Waals surface area contributed by atoms with Gasteiger partial charge in [-0.25, -0.2) is 5.43 Å². The summed E-state index contributed by atoms with van der Waals surface area (Å²) in [5.74, 6) is -0.605. The number of rotatable bonds is 6. The Morgan fingerprint density at radius 2 is 2.12 bits per heavy atom. The third kappa shape index (κ3) is 4.80. The lowest BCUT2D eigenvalue weighted by Crippen LogP contribution is -2.24. The van der Waals surface area contributed by atoms with Crippen molar-refractivity contribution in [2.45, 2.75) is 6.92 Å². The fourth-order valence-electron chi connectivity index (χ4n) is 1.82. The van der Waals surface area contributed by atoms with Crippen LogP contribution in [0.15, 0.2) is 47.6 Å². The van der Waals surface area contributed by atoms with E-state index in [1.54, 1.807) is 12.1 Å². The summed E-state index contributed by atoms with van der Waals surface area (Å²) in [6.45, 7) is 1.68. The van der Waals surface area contributed by atoms with Gasteiger partial charge >= 0.3 is 0 Å². The van der Waals surface area contributed by atoms with Crippen LogP contribution in [0.4, 0.5) is 5.69 Å². The van der Waals surface area contributed by atoms with E-state index in [9.17, 15) is 20.0 Å². The van der Waals surface area contributed by atoms with Gasteiger partial charge in [0.1, 0.15) is 5.75 Å². The average Bonchev–Trinajstić information content (AvgIpc) is 2.54. The van der Waals surface area contributed by atoms with Gasteiger partial charge in [-0.3, -0.25) is 14.9 Å². The SMILES string of the molecule is Cc1cccc(OCC(=O)N/N=C\c2ccc([O-])c([N+](=O)[O-])c2)c1. The zero-order valence-corrected chi connectivity index (χ0v) is 12.8. The average molecular weight is 328 g/mol. The van der Waals surface area contributed by atoms with Crippen molar-refractivity contribution in [3.63, 3.8) is 0 Å². The molecule has 2 rings (SSSR count). The highest BCUT2D eigenvalue weighted by molar-refractivity contribution is 5.84. The first-order valence-electron chi connectivity index (χ1n) is 6.92. The van der Waals surface area contributed by atoms with Gasteiger partial charge in [0.25, 0.3) is 11.6 Å².